The van der Waals surface area contributed by atoms with Crippen molar-refractivity contribution in [2.45, 2.75) is 135 Å². The van der Waals surface area contributed by atoms with Crippen molar-refractivity contribution < 1.29 is 4.48 Å². The molecule has 28 heavy (non-hydrogen) atoms. The molecule has 2 nitrogen and oxygen atoms in total. The van der Waals surface area contributed by atoms with Gasteiger partial charge in [-0.3, -0.25) is 0 Å². The van der Waals surface area contributed by atoms with Crippen molar-refractivity contribution in [3.05, 3.63) is 0 Å². The first-order valence-electron chi connectivity index (χ1n) is 12.8. The predicted molar refractivity (Wildman–Crippen MR) is 125 cm³/mol. The van der Waals surface area contributed by atoms with E-state index in [1.54, 1.807) is 0 Å². The van der Waals surface area contributed by atoms with Crippen LogP contribution in [-0.2, 0) is 0 Å². The molecular weight excluding hydrogens is 340 g/mol. The quantitative estimate of drug-likeness (QED) is 0.134. The van der Waals surface area contributed by atoms with E-state index in [2.05, 4.69) is 27.1 Å². The molecule has 0 heterocycles. The smallest absolute Gasteiger partial charge is 0.0782 e. The topological polar surface area (TPSA) is 23.8 Å². The van der Waals surface area contributed by atoms with E-state index in [4.69, 9.17) is 5.26 Å². The lowest BCUT2D eigenvalue weighted by Gasteiger charge is -2.30. The van der Waals surface area contributed by atoms with Crippen LogP contribution in [-0.4, -0.2) is 31.7 Å². The van der Waals surface area contributed by atoms with Crippen LogP contribution in [0.25, 0.3) is 0 Å². The predicted octanol–water partition coefficient (Wildman–Crippen LogP) is 8.41. The second-order valence-corrected chi connectivity index (χ2v) is 9.66. The fraction of sp³-hybridized carbons (Fsp3) is 0.962. The third-order valence-electron chi connectivity index (χ3n) is 6.17. The molecule has 0 aliphatic rings. The highest BCUT2D eigenvalue weighted by Gasteiger charge is 2.13. The van der Waals surface area contributed by atoms with Gasteiger partial charge in [0, 0.05) is 6.42 Å². The maximum atomic E-state index is 8.58. The number of unbranched alkanes of at least 4 members (excludes halogenated alkanes) is 18. The normalized spacial score (nSPS) is 11.6. The largest absolute Gasteiger partial charge is 0.328 e. The zero-order valence-electron chi connectivity index (χ0n) is 20.0. The van der Waals surface area contributed by atoms with Gasteiger partial charge < -0.3 is 4.48 Å². The Morgan fingerprint density at radius 2 is 0.821 bits per heavy atom. The van der Waals surface area contributed by atoms with E-state index in [1.807, 2.05) is 0 Å². The van der Waals surface area contributed by atoms with E-state index in [-0.39, 0.29) is 0 Å². The van der Waals surface area contributed by atoms with Crippen molar-refractivity contribution in [1.82, 2.24) is 0 Å². The van der Waals surface area contributed by atoms with E-state index in [0.717, 1.165) is 17.3 Å². The highest BCUT2D eigenvalue weighted by Crippen LogP contribution is 2.14. The average Bonchev–Trinajstić information content (AvgIpc) is 2.67. The maximum Gasteiger partial charge on any atom is 0.0782 e. The van der Waals surface area contributed by atoms with E-state index in [1.165, 1.54) is 129 Å². The first-order valence-corrected chi connectivity index (χ1v) is 12.8. The molecule has 0 aromatic heterocycles. The van der Waals surface area contributed by atoms with E-state index in [0.29, 0.717) is 0 Å². The summed E-state index contributed by atoms with van der Waals surface area (Å²) in [5.41, 5.74) is 0. The molecule has 0 N–H and O–H groups in total. The van der Waals surface area contributed by atoms with E-state index >= 15 is 0 Å². The molecule has 0 aromatic carbocycles. The van der Waals surface area contributed by atoms with Gasteiger partial charge in [-0.05, 0) is 32.1 Å². The van der Waals surface area contributed by atoms with Crippen LogP contribution in [0.3, 0.4) is 0 Å². The van der Waals surface area contributed by atoms with Gasteiger partial charge in [-0.2, -0.15) is 5.26 Å². The zero-order valence-corrected chi connectivity index (χ0v) is 20.0. The molecule has 2 heteroatoms. The summed E-state index contributed by atoms with van der Waals surface area (Å²) in [4.78, 5) is 0. The Morgan fingerprint density at radius 3 is 1.18 bits per heavy atom. The molecule has 0 aliphatic heterocycles. The second kappa shape index (κ2) is 21.2. The summed E-state index contributed by atoms with van der Waals surface area (Å²) in [6.45, 7) is 4.88. The molecule has 0 saturated heterocycles. The fourth-order valence-electron chi connectivity index (χ4n) is 4.12. The second-order valence-electron chi connectivity index (χ2n) is 9.66. The van der Waals surface area contributed by atoms with Gasteiger partial charge >= 0.3 is 0 Å². The SMILES string of the molecule is CCCCCCCCCCCCCCCCCC[N+](C)(C)CCCCCC#N. The summed E-state index contributed by atoms with van der Waals surface area (Å²) in [7, 11) is 4.74. The molecule has 0 aliphatic carbocycles. The Hall–Kier alpha value is -0.550. The van der Waals surface area contributed by atoms with Crippen molar-refractivity contribution in [3.8, 4) is 6.07 Å². The van der Waals surface area contributed by atoms with Gasteiger partial charge in [-0.15, -0.1) is 0 Å². The van der Waals surface area contributed by atoms with Crippen LogP contribution in [0.1, 0.15) is 135 Å². The van der Waals surface area contributed by atoms with Gasteiger partial charge in [0.25, 0.3) is 0 Å². The summed E-state index contributed by atoms with van der Waals surface area (Å²) in [5, 5.41) is 8.58. The molecule has 0 atom stereocenters. The van der Waals surface area contributed by atoms with Crippen LogP contribution in [0.5, 0.6) is 0 Å². The van der Waals surface area contributed by atoms with E-state index in [9.17, 15) is 0 Å². The minimum absolute atomic E-state index is 0.729. The summed E-state index contributed by atoms with van der Waals surface area (Å²) in [5.74, 6) is 0. The molecule has 0 unspecified atom stereocenters. The molecule has 166 valence electrons. The summed E-state index contributed by atoms with van der Waals surface area (Å²) < 4.78 is 1.16. The van der Waals surface area contributed by atoms with Crippen LogP contribution in [0.4, 0.5) is 0 Å². The lowest BCUT2D eigenvalue weighted by atomic mass is 10.0. The molecule has 0 bridgehead atoms. The monoisotopic (exact) mass is 393 g/mol. The minimum Gasteiger partial charge on any atom is -0.328 e. The van der Waals surface area contributed by atoms with Gasteiger partial charge in [-0.25, -0.2) is 0 Å². The minimum atomic E-state index is 0.729. The molecule has 0 amide bonds. The van der Waals surface area contributed by atoms with Crippen molar-refractivity contribution in [2.75, 3.05) is 27.2 Å². The Morgan fingerprint density at radius 1 is 0.500 bits per heavy atom. The van der Waals surface area contributed by atoms with Crippen LogP contribution >= 0.6 is 0 Å². The van der Waals surface area contributed by atoms with Crippen LogP contribution in [0, 0.1) is 11.3 Å². The first-order chi connectivity index (χ1) is 13.6. The number of nitriles is 1. The average molecular weight is 394 g/mol. The van der Waals surface area contributed by atoms with E-state index < -0.39 is 0 Å². The Kier molecular flexibility index (Phi) is 20.8. The highest BCUT2D eigenvalue weighted by molar-refractivity contribution is 4.67. The number of quaternary nitrogens is 1. The van der Waals surface area contributed by atoms with Crippen LogP contribution in [0.2, 0.25) is 0 Å². The maximum absolute atomic E-state index is 8.58. The van der Waals surface area contributed by atoms with Crippen molar-refractivity contribution in [1.29, 1.82) is 5.26 Å². The number of nitrogens with zero attached hydrogens (tertiary/aromatic N) is 2. The standard InChI is InChI=1S/C26H53N2/c1-4-5-6-7-8-9-10-11-12-13-14-15-16-17-19-22-25-28(2,3)26-23-20-18-21-24-27/h4-23,25-26H2,1-3H3/q+1. The van der Waals surface area contributed by atoms with Gasteiger partial charge in [-0.1, -0.05) is 96.8 Å². The number of hydrogen-bond donors (Lipinski definition) is 0. The number of rotatable bonds is 22. The first kappa shape index (κ1) is 27.5. The Balaban J connectivity index is 3.23. The van der Waals surface area contributed by atoms with Crippen molar-refractivity contribution in [3.63, 3.8) is 0 Å². The van der Waals surface area contributed by atoms with Crippen LogP contribution < -0.4 is 0 Å². The van der Waals surface area contributed by atoms with Crippen LogP contribution in [0.15, 0.2) is 0 Å². The molecule has 0 fully saturated rings. The molecule has 0 rings (SSSR count). The molecule has 0 spiro atoms. The summed E-state index contributed by atoms with van der Waals surface area (Å²) in [6, 6.07) is 2.25. The van der Waals surface area contributed by atoms with Crippen molar-refractivity contribution >= 4 is 0 Å². The molecule has 0 aromatic rings. The van der Waals surface area contributed by atoms with Gasteiger partial charge in [0.2, 0.25) is 0 Å². The van der Waals surface area contributed by atoms with Gasteiger partial charge in [0.15, 0.2) is 0 Å². The Bertz CT molecular complexity index is 343. The lowest BCUT2D eigenvalue weighted by Crippen LogP contribution is -2.41. The lowest BCUT2D eigenvalue weighted by molar-refractivity contribution is -0.890. The van der Waals surface area contributed by atoms with Crippen molar-refractivity contribution in [2.24, 2.45) is 0 Å². The Labute approximate surface area is 178 Å². The fourth-order valence-corrected chi connectivity index (χ4v) is 4.12. The summed E-state index contributed by atoms with van der Waals surface area (Å²) >= 11 is 0. The van der Waals surface area contributed by atoms with Gasteiger partial charge in [0.05, 0.1) is 33.3 Å². The third-order valence-corrected chi connectivity index (χ3v) is 6.17. The zero-order chi connectivity index (χ0) is 20.8. The molecular formula is C26H53N2+. The number of hydrogen-bond acceptors (Lipinski definition) is 1. The summed E-state index contributed by atoms with van der Waals surface area (Å²) in [6.07, 6.45) is 27.4. The molecule has 0 radical (unpaired) electrons. The highest BCUT2D eigenvalue weighted by atomic mass is 15.3. The third kappa shape index (κ3) is 21.7. The van der Waals surface area contributed by atoms with Gasteiger partial charge in [0.1, 0.15) is 0 Å². The molecule has 0 saturated carbocycles.